The van der Waals surface area contributed by atoms with Gasteiger partial charge in [-0.15, -0.1) is 0 Å². The van der Waals surface area contributed by atoms with Crippen molar-refractivity contribution in [3.05, 3.63) is 23.9 Å². The number of piperidine rings is 1. The molecule has 0 amide bonds. The maximum Gasteiger partial charge on any atom is 0.171 e. The van der Waals surface area contributed by atoms with Gasteiger partial charge >= 0.3 is 0 Å². The number of aromatic nitrogens is 1. The number of pyridine rings is 1. The fourth-order valence-corrected chi connectivity index (χ4v) is 3.45. The zero-order chi connectivity index (χ0) is 15.9. The normalized spacial score (nSPS) is 22.3. The average molecular weight is 321 g/mol. The van der Waals surface area contributed by atoms with Crippen molar-refractivity contribution in [1.82, 2.24) is 15.2 Å². The minimum Gasteiger partial charge on any atom is -0.362 e. The molecule has 4 nitrogen and oxygen atoms in total. The molecule has 1 saturated heterocycles. The van der Waals surface area contributed by atoms with Crippen LogP contribution in [-0.4, -0.2) is 41.2 Å². The number of hydrogen-bond donors (Lipinski definition) is 2. The molecular formula is C17H28N4S. The van der Waals surface area contributed by atoms with E-state index in [1.54, 1.807) is 6.20 Å². The van der Waals surface area contributed by atoms with Gasteiger partial charge in [-0.2, -0.15) is 0 Å². The van der Waals surface area contributed by atoms with E-state index in [1.165, 1.54) is 25.1 Å². The van der Waals surface area contributed by atoms with Gasteiger partial charge in [0.05, 0.1) is 0 Å². The molecule has 122 valence electrons. The second-order valence-corrected chi connectivity index (χ2v) is 7.07. The quantitative estimate of drug-likeness (QED) is 0.644. The molecule has 0 aromatic carbocycles. The molecular weight excluding hydrogens is 292 g/mol. The molecule has 2 N–H and O–H groups in total. The summed E-state index contributed by atoms with van der Waals surface area (Å²) >= 11 is 5.31. The summed E-state index contributed by atoms with van der Waals surface area (Å²) in [4.78, 5) is 6.83. The lowest BCUT2D eigenvalue weighted by atomic mass is 9.92. The first-order valence-electron chi connectivity index (χ1n) is 8.23. The third-order valence-corrected chi connectivity index (χ3v) is 4.28. The second-order valence-electron chi connectivity index (χ2n) is 6.66. The number of thiocarbonyl (C=S) groups is 1. The summed E-state index contributed by atoms with van der Waals surface area (Å²) < 4.78 is 0. The fraction of sp³-hybridized carbons (Fsp3) is 0.647. The van der Waals surface area contributed by atoms with Gasteiger partial charge in [-0.05, 0) is 68.1 Å². The van der Waals surface area contributed by atoms with Crippen LogP contribution in [-0.2, 0) is 0 Å². The Balaban J connectivity index is 1.63. The summed E-state index contributed by atoms with van der Waals surface area (Å²) in [7, 11) is 0. The van der Waals surface area contributed by atoms with Gasteiger partial charge in [0.1, 0.15) is 5.82 Å². The van der Waals surface area contributed by atoms with Crippen LogP contribution in [0.4, 0.5) is 5.82 Å². The summed E-state index contributed by atoms with van der Waals surface area (Å²) in [6.07, 6.45) is 4.27. The summed E-state index contributed by atoms with van der Waals surface area (Å²) in [5.41, 5.74) is 1.17. The Hall–Kier alpha value is -1.20. The molecule has 1 fully saturated rings. The maximum atomic E-state index is 5.31. The molecule has 1 aliphatic rings. The highest BCUT2D eigenvalue weighted by atomic mass is 32.1. The standard InChI is InChI=1S/C17H28N4S/c1-13-5-7-18-16(10-13)20-17(22)19-6-4-8-21-11-14(2)9-15(3)12-21/h5,7,10,14-15H,4,6,8-9,11-12H2,1-3H3,(H2,18,19,20,22)/t14-,15-/m1/s1. The number of nitrogens with one attached hydrogen (secondary N) is 2. The molecule has 0 spiro atoms. The average Bonchev–Trinajstić information content (AvgIpc) is 2.42. The largest absolute Gasteiger partial charge is 0.362 e. The van der Waals surface area contributed by atoms with Crippen molar-refractivity contribution in [2.45, 2.75) is 33.6 Å². The monoisotopic (exact) mass is 320 g/mol. The number of anilines is 1. The van der Waals surface area contributed by atoms with E-state index in [0.29, 0.717) is 5.11 Å². The van der Waals surface area contributed by atoms with Crippen molar-refractivity contribution in [3.63, 3.8) is 0 Å². The van der Waals surface area contributed by atoms with E-state index < -0.39 is 0 Å². The Morgan fingerprint density at radius 2 is 2.09 bits per heavy atom. The lowest BCUT2D eigenvalue weighted by molar-refractivity contribution is 0.140. The van der Waals surface area contributed by atoms with Crippen LogP contribution < -0.4 is 10.6 Å². The van der Waals surface area contributed by atoms with Crippen molar-refractivity contribution in [2.75, 3.05) is 31.5 Å². The Kier molecular flexibility index (Phi) is 6.58. The molecule has 0 saturated carbocycles. The van der Waals surface area contributed by atoms with E-state index in [9.17, 15) is 0 Å². The van der Waals surface area contributed by atoms with Crippen molar-refractivity contribution < 1.29 is 0 Å². The first-order valence-corrected chi connectivity index (χ1v) is 8.63. The van der Waals surface area contributed by atoms with Crippen molar-refractivity contribution in [1.29, 1.82) is 0 Å². The predicted octanol–water partition coefficient (Wildman–Crippen LogP) is 3.04. The van der Waals surface area contributed by atoms with Crippen LogP contribution in [0.2, 0.25) is 0 Å². The number of rotatable bonds is 5. The maximum absolute atomic E-state index is 5.31. The topological polar surface area (TPSA) is 40.2 Å². The number of hydrogen-bond acceptors (Lipinski definition) is 3. The molecule has 0 radical (unpaired) electrons. The Bertz CT molecular complexity index is 481. The zero-order valence-corrected chi connectivity index (χ0v) is 14.7. The molecule has 0 aliphatic carbocycles. The van der Waals surface area contributed by atoms with Crippen LogP contribution >= 0.6 is 12.2 Å². The molecule has 2 heterocycles. The van der Waals surface area contributed by atoms with E-state index >= 15 is 0 Å². The van der Waals surface area contributed by atoms with Crippen LogP contribution in [0.25, 0.3) is 0 Å². The van der Waals surface area contributed by atoms with Crippen LogP contribution in [0.5, 0.6) is 0 Å². The molecule has 22 heavy (non-hydrogen) atoms. The molecule has 5 heteroatoms. The minimum absolute atomic E-state index is 0.651. The zero-order valence-electron chi connectivity index (χ0n) is 13.9. The van der Waals surface area contributed by atoms with E-state index in [-0.39, 0.29) is 0 Å². The van der Waals surface area contributed by atoms with Crippen LogP contribution in [0.1, 0.15) is 32.3 Å². The van der Waals surface area contributed by atoms with Crippen molar-refractivity contribution in [3.8, 4) is 0 Å². The van der Waals surface area contributed by atoms with Gasteiger partial charge in [-0.1, -0.05) is 13.8 Å². The smallest absolute Gasteiger partial charge is 0.171 e. The molecule has 2 atom stereocenters. The van der Waals surface area contributed by atoms with Gasteiger partial charge in [-0.3, -0.25) is 0 Å². The summed E-state index contributed by atoms with van der Waals surface area (Å²) in [5.74, 6) is 2.45. The highest BCUT2D eigenvalue weighted by Gasteiger charge is 2.20. The van der Waals surface area contributed by atoms with E-state index in [4.69, 9.17) is 12.2 Å². The van der Waals surface area contributed by atoms with Gasteiger partial charge in [0.2, 0.25) is 0 Å². The Labute approximate surface area is 139 Å². The van der Waals surface area contributed by atoms with Gasteiger partial charge in [0, 0.05) is 25.8 Å². The van der Waals surface area contributed by atoms with Crippen LogP contribution in [0.15, 0.2) is 18.3 Å². The highest BCUT2D eigenvalue weighted by Crippen LogP contribution is 2.20. The van der Waals surface area contributed by atoms with Gasteiger partial charge in [0.25, 0.3) is 0 Å². The first-order chi connectivity index (χ1) is 10.5. The van der Waals surface area contributed by atoms with Crippen LogP contribution in [0, 0.1) is 18.8 Å². The van der Waals surface area contributed by atoms with Gasteiger partial charge in [0.15, 0.2) is 5.11 Å². The van der Waals surface area contributed by atoms with E-state index in [0.717, 1.165) is 37.2 Å². The van der Waals surface area contributed by atoms with Crippen molar-refractivity contribution in [2.24, 2.45) is 11.8 Å². The first kappa shape index (κ1) is 17.2. The van der Waals surface area contributed by atoms with Gasteiger partial charge < -0.3 is 15.5 Å². The van der Waals surface area contributed by atoms with E-state index in [1.807, 2.05) is 19.1 Å². The predicted molar refractivity (Wildman–Crippen MR) is 97.2 cm³/mol. The molecule has 0 unspecified atom stereocenters. The summed E-state index contributed by atoms with van der Waals surface area (Å²) in [6, 6.07) is 3.97. The Morgan fingerprint density at radius 1 is 1.36 bits per heavy atom. The van der Waals surface area contributed by atoms with Crippen LogP contribution in [0.3, 0.4) is 0 Å². The summed E-state index contributed by atoms with van der Waals surface area (Å²) in [5, 5.41) is 7.05. The third-order valence-electron chi connectivity index (χ3n) is 4.04. The molecule has 1 aromatic heterocycles. The Morgan fingerprint density at radius 3 is 2.77 bits per heavy atom. The fourth-order valence-electron chi connectivity index (χ4n) is 3.24. The minimum atomic E-state index is 0.651. The SMILES string of the molecule is Cc1ccnc(NC(=S)NCCCN2C[C@H](C)C[C@@H](C)C2)c1. The number of nitrogens with zero attached hydrogens (tertiary/aromatic N) is 2. The lowest BCUT2D eigenvalue weighted by Gasteiger charge is -2.34. The summed E-state index contributed by atoms with van der Waals surface area (Å²) in [6.45, 7) is 11.3. The number of likely N-dealkylation sites (tertiary alicyclic amines) is 1. The molecule has 1 aromatic rings. The third kappa shape index (κ3) is 5.89. The van der Waals surface area contributed by atoms with Gasteiger partial charge in [-0.25, -0.2) is 4.98 Å². The van der Waals surface area contributed by atoms with Crippen molar-refractivity contribution >= 4 is 23.1 Å². The molecule has 1 aliphatic heterocycles. The number of aryl methyl sites for hydroxylation is 1. The van der Waals surface area contributed by atoms with E-state index in [2.05, 4.69) is 34.4 Å². The highest BCUT2D eigenvalue weighted by molar-refractivity contribution is 7.80. The lowest BCUT2D eigenvalue weighted by Crippen LogP contribution is -2.40. The molecule has 2 rings (SSSR count). The second kappa shape index (κ2) is 8.44. The molecule has 0 bridgehead atoms.